The SMILES string of the molecule is CCc1nsc(SCC#N)n1. The smallest absolute Gasteiger partial charge is 0.171 e. The van der Waals surface area contributed by atoms with E-state index in [0.717, 1.165) is 16.6 Å². The summed E-state index contributed by atoms with van der Waals surface area (Å²) < 4.78 is 4.98. The minimum atomic E-state index is 0.457. The van der Waals surface area contributed by atoms with Crippen LogP contribution in [0.3, 0.4) is 0 Å². The van der Waals surface area contributed by atoms with Crippen molar-refractivity contribution in [2.45, 2.75) is 17.7 Å². The summed E-state index contributed by atoms with van der Waals surface area (Å²) in [7, 11) is 0. The van der Waals surface area contributed by atoms with E-state index < -0.39 is 0 Å². The summed E-state index contributed by atoms with van der Waals surface area (Å²) in [5.41, 5.74) is 0. The minimum Gasteiger partial charge on any atom is -0.213 e. The largest absolute Gasteiger partial charge is 0.213 e. The van der Waals surface area contributed by atoms with E-state index in [1.165, 1.54) is 23.3 Å². The Kier molecular flexibility index (Phi) is 3.33. The molecule has 5 heteroatoms. The lowest BCUT2D eigenvalue weighted by Crippen LogP contribution is -1.81. The molecule has 0 fully saturated rings. The second-order valence-corrected chi connectivity index (χ2v) is 3.75. The molecule has 58 valence electrons. The van der Waals surface area contributed by atoms with E-state index in [2.05, 4.69) is 9.36 Å². The van der Waals surface area contributed by atoms with Gasteiger partial charge in [-0.1, -0.05) is 18.7 Å². The average Bonchev–Trinajstić information content (AvgIpc) is 2.48. The standard InChI is InChI=1S/C6H7N3S2/c1-2-5-8-6(11-9-5)10-4-3-7/h2,4H2,1H3. The number of nitriles is 1. The number of nitrogens with zero attached hydrogens (tertiary/aromatic N) is 3. The normalized spacial score (nSPS) is 9.45. The summed E-state index contributed by atoms with van der Waals surface area (Å²) in [5.74, 6) is 1.33. The first-order chi connectivity index (χ1) is 5.36. The number of thioether (sulfide) groups is 1. The monoisotopic (exact) mass is 185 g/mol. The molecule has 0 bridgehead atoms. The molecule has 0 N–H and O–H groups in total. The molecule has 3 nitrogen and oxygen atoms in total. The van der Waals surface area contributed by atoms with E-state index in [-0.39, 0.29) is 0 Å². The van der Waals surface area contributed by atoms with E-state index >= 15 is 0 Å². The summed E-state index contributed by atoms with van der Waals surface area (Å²) in [6, 6.07) is 2.05. The van der Waals surface area contributed by atoms with Gasteiger partial charge in [-0.3, -0.25) is 0 Å². The summed E-state index contributed by atoms with van der Waals surface area (Å²) >= 11 is 2.81. The highest BCUT2D eigenvalue weighted by molar-refractivity contribution is 8.01. The molecule has 0 radical (unpaired) electrons. The molecule has 0 amide bonds. The lowest BCUT2D eigenvalue weighted by molar-refractivity contribution is 0.972. The number of hydrogen-bond acceptors (Lipinski definition) is 5. The van der Waals surface area contributed by atoms with Gasteiger partial charge in [0, 0.05) is 6.42 Å². The Labute approximate surface area is 73.6 Å². The highest BCUT2D eigenvalue weighted by Gasteiger charge is 2.00. The van der Waals surface area contributed by atoms with E-state index in [1.54, 1.807) is 0 Å². The van der Waals surface area contributed by atoms with Crippen molar-refractivity contribution in [1.82, 2.24) is 9.36 Å². The van der Waals surface area contributed by atoms with E-state index in [4.69, 9.17) is 5.26 Å². The van der Waals surface area contributed by atoms with Crippen LogP contribution in [0.25, 0.3) is 0 Å². The second-order valence-electron chi connectivity index (χ2n) is 1.78. The molecule has 0 aliphatic rings. The molecule has 1 heterocycles. The van der Waals surface area contributed by atoms with Crippen molar-refractivity contribution in [3.63, 3.8) is 0 Å². The van der Waals surface area contributed by atoms with Gasteiger partial charge in [-0.15, -0.1) is 0 Å². The van der Waals surface area contributed by atoms with Gasteiger partial charge in [-0.25, -0.2) is 4.98 Å². The van der Waals surface area contributed by atoms with Crippen LogP contribution in [0.2, 0.25) is 0 Å². The third kappa shape index (κ3) is 2.48. The topological polar surface area (TPSA) is 49.6 Å². The third-order valence-corrected chi connectivity index (χ3v) is 2.76. The van der Waals surface area contributed by atoms with Gasteiger partial charge in [0.1, 0.15) is 5.82 Å². The van der Waals surface area contributed by atoms with Gasteiger partial charge < -0.3 is 0 Å². The van der Waals surface area contributed by atoms with Gasteiger partial charge in [-0.2, -0.15) is 9.64 Å². The van der Waals surface area contributed by atoms with E-state index in [9.17, 15) is 0 Å². The van der Waals surface area contributed by atoms with Gasteiger partial charge >= 0.3 is 0 Å². The molecular weight excluding hydrogens is 178 g/mol. The lowest BCUT2D eigenvalue weighted by Gasteiger charge is -1.83. The Bertz CT molecular complexity index is 263. The maximum Gasteiger partial charge on any atom is 0.171 e. The van der Waals surface area contributed by atoms with Crippen LogP contribution in [-0.2, 0) is 6.42 Å². The molecule has 0 saturated carbocycles. The van der Waals surface area contributed by atoms with Crippen molar-refractivity contribution < 1.29 is 0 Å². The molecule has 11 heavy (non-hydrogen) atoms. The molecule has 0 aromatic carbocycles. The first-order valence-electron chi connectivity index (χ1n) is 3.19. The Balaban J connectivity index is 2.53. The summed E-state index contributed by atoms with van der Waals surface area (Å²) in [6.07, 6.45) is 0.865. The molecule has 0 atom stereocenters. The number of rotatable bonds is 3. The Morgan fingerprint density at radius 1 is 1.73 bits per heavy atom. The van der Waals surface area contributed by atoms with Crippen molar-refractivity contribution in [2.75, 3.05) is 5.75 Å². The van der Waals surface area contributed by atoms with Crippen LogP contribution < -0.4 is 0 Å². The highest BCUT2D eigenvalue weighted by Crippen LogP contribution is 2.19. The van der Waals surface area contributed by atoms with E-state index in [1.807, 2.05) is 13.0 Å². The van der Waals surface area contributed by atoms with Gasteiger partial charge in [-0.05, 0) is 11.5 Å². The zero-order valence-corrected chi connectivity index (χ0v) is 7.71. The zero-order chi connectivity index (χ0) is 8.10. The van der Waals surface area contributed by atoms with E-state index in [0.29, 0.717) is 5.75 Å². The quantitative estimate of drug-likeness (QED) is 0.673. The second kappa shape index (κ2) is 4.31. The van der Waals surface area contributed by atoms with Crippen molar-refractivity contribution in [1.29, 1.82) is 5.26 Å². The van der Waals surface area contributed by atoms with Crippen LogP contribution in [0.1, 0.15) is 12.7 Å². The maximum atomic E-state index is 8.28. The Hall–Kier alpha value is -0.600. The third-order valence-electron chi connectivity index (χ3n) is 1.03. The molecule has 0 aliphatic heterocycles. The van der Waals surface area contributed by atoms with Crippen LogP contribution in [0.4, 0.5) is 0 Å². The van der Waals surface area contributed by atoms with Gasteiger partial charge in [0.25, 0.3) is 0 Å². The number of hydrogen-bond donors (Lipinski definition) is 0. The van der Waals surface area contributed by atoms with Crippen molar-refractivity contribution in [3.05, 3.63) is 5.82 Å². The summed E-state index contributed by atoms with van der Waals surface area (Å²) in [6.45, 7) is 2.01. The van der Waals surface area contributed by atoms with Crippen LogP contribution in [0.15, 0.2) is 4.34 Å². The Morgan fingerprint density at radius 3 is 3.09 bits per heavy atom. The first kappa shape index (κ1) is 8.50. The molecule has 0 spiro atoms. The summed E-state index contributed by atoms with van der Waals surface area (Å²) in [4.78, 5) is 4.19. The fourth-order valence-corrected chi connectivity index (χ4v) is 1.89. The Morgan fingerprint density at radius 2 is 2.55 bits per heavy atom. The lowest BCUT2D eigenvalue weighted by atomic mass is 10.5. The minimum absolute atomic E-state index is 0.457. The molecule has 0 aliphatic carbocycles. The van der Waals surface area contributed by atoms with Crippen LogP contribution in [-0.4, -0.2) is 15.1 Å². The van der Waals surface area contributed by atoms with Crippen LogP contribution >= 0.6 is 23.3 Å². The van der Waals surface area contributed by atoms with Crippen LogP contribution in [0, 0.1) is 11.3 Å². The van der Waals surface area contributed by atoms with Gasteiger partial charge in [0.2, 0.25) is 0 Å². The van der Waals surface area contributed by atoms with Gasteiger partial charge in [0.15, 0.2) is 4.34 Å². The predicted octanol–water partition coefficient (Wildman–Crippen LogP) is 1.72. The fraction of sp³-hybridized carbons (Fsp3) is 0.500. The average molecular weight is 185 g/mol. The predicted molar refractivity (Wildman–Crippen MR) is 45.6 cm³/mol. The molecule has 1 rings (SSSR count). The fourth-order valence-electron chi connectivity index (χ4n) is 0.534. The maximum absolute atomic E-state index is 8.28. The summed E-state index contributed by atoms with van der Waals surface area (Å²) in [5, 5.41) is 8.28. The van der Waals surface area contributed by atoms with Crippen molar-refractivity contribution >= 4 is 23.3 Å². The highest BCUT2D eigenvalue weighted by atomic mass is 32.2. The van der Waals surface area contributed by atoms with Gasteiger partial charge in [0.05, 0.1) is 11.8 Å². The molecule has 0 saturated heterocycles. The van der Waals surface area contributed by atoms with Crippen molar-refractivity contribution in [3.8, 4) is 6.07 Å². The molecular formula is C6H7N3S2. The zero-order valence-electron chi connectivity index (χ0n) is 6.07. The number of aryl methyl sites for hydroxylation is 1. The molecule has 1 aromatic heterocycles. The van der Waals surface area contributed by atoms with Crippen LogP contribution in [0.5, 0.6) is 0 Å². The first-order valence-corrected chi connectivity index (χ1v) is 4.95. The number of aromatic nitrogens is 2. The molecule has 0 unspecified atom stereocenters. The van der Waals surface area contributed by atoms with Crippen molar-refractivity contribution in [2.24, 2.45) is 0 Å². The molecule has 1 aromatic rings.